The fourth-order valence-electron chi connectivity index (χ4n) is 2.93. The first kappa shape index (κ1) is 19.0. The van der Waals surface area contributed by atoms with Crippen LogP contribution in [0.5, 0.6) is 11.5 Å². The first-order chi connectivity index (χ1) is 10.2. The highest BCUT2D eigenvalue weighted by atomic mass is 35.5. The second kappa shape index (κ2) is 9.18. The highest BCUT2D eigenvalue weighted by Crippen LogP contribution is 2.36. The van der Waals surface area contributed by atoms with Crippen LogP contribution in [0.25, 0.3) is 0 Å². The molecule has 2 rings (SSSR count). The maximum Gasteiger partial charge on any atom is 0.163 e. The standard InChI is InChI=1S/C16H25FN2O2.ClH/c1-4-5-14(19-8-6-18-7-9-19)12-10-15(20-2)16(21-3)11-13(12)17;/h10-11,14,18H,4-9H2,1-3H3;1H/t14-;/m0./s1. The molecule has 1 saturated heterocycles. The summed E-state index contributed by atoms with van der Waals surface area (Å²) < 4.78 is 25.0. The lowest BCUT2D eigenvalue weighted by molar-refractivity contribution is 0.161. The highest BCUT2D eigenvalue weighted by molar-refractivity contribution is 5.85. The number of halogens is 2. The van der Waals surface area contributed by atoms with E-state index in [2.05, 4.69) is 17.1 Å². The van der Waals surface area contributed by atoms with Crippen molar-refractivity contribution >= 4 is 12.4 Å². The van der Waals surface area contributed by atoms with E-state index in [4.69, 9.17) is 9.47 Å². The van der Waals surface area contributed by atoms with Gasteiger partial charge in [-0.2, -0.15) is 0 Å². The molecule has 126 valence electrons. The molecule has 1 fully saturated rings. The van der Waals surface area contributed by atoms with E-state index in [1.807, 2.05) is 0 Å². The number of piperazine rings is 1. The summed E-state index contributed by atoms with van der Waals surface area (Å²) in [5, 5.41) is 3.34. The summed E-state index contributed by atoms with van der Waals surface area (Å²) in [7, 11) is 3.11. The number of nitrogens with zero attached hydrogens (tertiary/aromatic N) is 1. The van der Waals surface area contributed by atoms with Crippen LogP contribution in [-0.2, 0) is 0 Å². The van der Waals surface area contributed by atoms with Crippen molar-refractivity contribution in [1.29, 1.82) is 0 Å². The second-order valence-corrected chi connectivity index (χ2v) is 5.32. The molecule has 6 heteroatoms. The smallest absolute Gasteiger partial charge is 0.163 e. The molecule has 0 radical (unpaired) electrons. The second-order valence-electron chi connectivity index (χ2n) is 5.32. The average molecular weight is 333 g/mol. The van der Waals surface area contributed by atoms with Crippen molar-refractivity contribution < 1.29 is 13.9 Å². The molecule has 1 N–H and O–H groups in total. The van der Waals surface area contributed by atoms with Crippen LogP contribution in [0, 0.1) is 5.82 Å². The van der Waals surface area contributed by atoms with Crippen LogP contribution in [-0.4, -0.2) is 45.3 Å². The number of hydrogen-bond acceptors (Lipinski definition) is 4. The molecule has 1 aliphatic rings. The van der Waals surface area contributed by atoms with Gasteiger partial charge < -0.3 is 14.8 Å². The Kier molecular flexibility index (Phi) is 7.93. The Hall–Kier alpha value is -1.04. The third-order valence-electron chi connectivity index (χ3n) is 4.02. The Labute approximate surface area is 138 Å². The molecule has 0 aliphatic carbocycles. The van der Waals surface area contributed by atoms with Gasteiger partial charge in [0, 0.05) is 43.9 Å². The van der Waals surface area contributed by atoms with Gasteiger partial charge in [0.2, 0.25) is 0 Å². The third-order valence-corrected chi connectivity index (χ3v) is 4.02. The summed E-state index contributed by atoms with van der Waals surface area (Å²) in [6.07, 6.45) is 1.95. The normalized spacial score (nSPS) is 16.7. The summed E-state index contributed by atoms with van der Waals surface area (Å²) >= 11 is 0. The van der Waals surface area contributed by atoms with E-state index in [0.29, 0.717) is 17.1 Å². The SMILES string of the molecule is CCC[C@@H](c1cc(OC)c(OC)cc1F)N1CCNCC1.Cl. The lowest BCUT2D eigenvalue weighted by atomic mass is 9.98. The summed E-state index contributed by atoms with van der Waals surface area (Å²) in [5.74, 6) is 0.809. The predicted molar refractivity (Wildman–Crippen MR) is 88.8 cm³/mol. The molecule has 0 aromatic heterocycles. The van der Waals surface area contributed by atoms with E-state index >= 15 is 0 Å². The minimum atomic E-state index is -0.218. The zero-order valence-corrected chi connectivity index (χ0v) is 14.3. The van der Waals surface area contributed by atoms with E-state index in [1.165, 1.54) is 13.2 Å². The molecule has 0 unspecified atom stereocenters. The van der Waals surface area contributed by atoms with E-state index in [9.17, 15) is 4.39 Å². The summed E-state index contributed by atoms with van der Waals surface area (Å²) in [6.45, 7) is 5.93. The molecule has 1 heterocycles. The van der Waals surface area contributed by atoms with Gasteiger partial charge >= 0.3 is 0 Å². The number of rotatable bonds is 6. The molecule has 1 aromatic carbocycles. The number of hydrogen-bond donors (Lipinski definition) is 1. The van der Waals surface area contributed by atoms with Crippen LogP contribution in [0.2, 0.25) is 0 Å². The number of benzene rings is 1. The van der Waals surface area contributed by atoms with Crippen LogP contribution in [0.3, 0.4) is 0 Å². The Balaban J connectivity index is 0.00000242. The van der Waals surface area contributed by atoms with Gasteiger partial charge in [-0.25, -0.2) is 4.39 Å². The van der Waals surface area contributed by atoms with E-state index in [1.54, 1.807) is 13.2 Å². The number of ether oxygens (including phenoxy) is 2. The Bertz CT molecular complexity index is 468. The minimum Gasteiger partial charge on any atom is -0.493 e. The Morgan fingerprint density at radius 1 is 1.18 bits per heavy atom. The first-order valence-corrected chi connectivity index (χ1v) is 7.57. The van der Waals surface area contributed by atoms with Crippen molar-refractivity contribution in [3.63, 3.8) is 0 Å². The van der Waals surface area contributed by atoms with Gasteiger partial charge in [-0.1, -0.05) is 13.3 Å². The highest BCUT2D eigenvalue weighted by Gasteiger charge is 2.25. The van der Waals surface area contributed by atoms with E-state index in [-0.39, 0.29) is 24.3 Å². The van der Waals surface area contributed by atoms with Crippen molar-refractivity contribution in [3.05, 3.63) is 23.5 Å². The maximum atomic E-state index is 14.5. The lowest BCUT2D eigenvalue weighted by Crippen LogP contribution is -2.45. The molecule has 0 spiro atoms. The van der Waals surface area contributed by atoms with Gasteiger partial charge in [0.1, 0.15) is 5.82 Å². The van der Waals surface area contributed by atoms with Crippen LogP contribution in [0.1, 0.15) is 31.4 Å². The summed E-state index contributed by atoms with van der Waals surface area (Å²) in [4.78, 5) is 2.35. The van der Waals surface area contributed by atoms with Gasteiger partial charge in [0.25, 0.3) is 0 Å². The molecule has 1 aromatic rings. The first-order valence-electron chi connectivity index (χ1n) is 7.57. The molecule has 1 aliphatic heterocycles. The van der Waals surface area contributed by atoms with Gasteiger partial charge in [-0.05, 0) is 12.5 Å². The fourth-order valence-corrected chi connectivity index (χ4v) is 2.93. The van der Waals surface area contributed by atoms with Crippen molar-refractivity contribution in [2.75, 3.05) is 40.4 Å². The van der Waals surface area contributed by atoms with Crippen molar-refractivity contribution in [3.8, 4) is 11.5 Å². The van der Waals surface area contributed by atoms with Gasteiger partial charge in [0.15, 0.2) is 11.5 Å². The van der Waals surface area contributed by atoms with Crippen LogP contribution in [0.4, 0.5) is 4.39 Å². The molecule has 0 amide bonds. The minimum absolute atomic E-state index is 0. The molecule has 1 atom stereocenters. The molecule has 4 nitrogen and oxygen atoms in total. The lowest BCUT2D eigenvalue weighted by Gasteiger charge is -2.35. The number of nitrogens with one attached hydrogen (secondary N) is 1. The topological polar surface area (TPSA) is 33.7 Å². The van der Waals surface area contributed by atoms with Crippen LogP contribution >= 0.6 is 12.4 Å². The van der Waals surface area contributed by atoms with Crippen molar-refractivity contribution in [2.24, 2.45) is 0 Å². The van der Waals surface area contributed by atoms with Crippen LogP contribution < -0.4 is 14.8 Å². The van der Waals surface area contributed by atoms with Gasteiger partial charge in [-0.3, -0.25) is 4.90 Å². The van der Waals surface area contributed by atoms with Gasteiger partial charge in [-0.15, -0.1) is 12.4 Å². The molecular weight excluding hydrogens is 307 g/mol. The van der Waals surface area contributed by atoms with E-state index in [0.717, 1.165) is 39.0 Å². The van der Waals surface area contributed by atoms with E-state index < -0.39 is 0 Å². The van der Waals surface area contributed by atoms with Crippen molar-refractivity contribution in [1.82, 2.24) is 10.2 Å². The zero-order chi connectivity index (χ0) is 15.2. The Morgan fingerprint density at radius 3 is 2.32 bits per heavy atom. The molecule has 0 bridgehead atoms. The largest absolute Gasteiger partial charge is 0.493 e. The number of methoxy groups -OCH3 is 2. The summed E-state index contributed by atoms with van der Waals surface area (Å²) in [5.41, 5.74) is 0.705. The molecular formula is C16H26ClFN2O2. The maximum absolute atomic E-state index is 14.5. The average Bonchev–Trinajstić information content (AvgIpc) is 2.53. The third kappa shape index (κ3) is 4.24. The van der Waals surface area contributed by atoms with Crippen molar-refractivity contribution in [2.45, 2.75) is 25.8 Å². The van der Waals surface area contributed by atoms with Gasteiger partial charge in [0.05, 0.1) is 14.2 Å². The quantitative estimate of drug-likeness (QED) is 0.868. The monoisotopic (exact) mass is 332 g/mol. The predicted octanol–water partition coefficient (Wildman–Crippen LogP) is 3.01. The fraction of sp³-hybridized carbons (Fsp3) is 0.625. The Morgan fingerprint density at radius 2 is 1.77 bits per heavy atom. The molecule has 22 heavy (non-hydrogen) atoms. The molecule has 0 saturated carbocycles. The van der Waals surface area contributed by atoms with Crippen LogP contribution in [0.15, 0.2) is 12.1 Å². The zero-order valence-electron chi connectivity index (χ0n) is 13.5. The summed E-state index contributed by atoms with van der Waals surface area (Å²) in [6, 6.07) is 3.31.